The lowest BCUT2D eigenvalue weighted by Crippen LogP contribution is -2.00. The lowest BCUT2D eigenvalue weighted by atomic mass is 10.1. The molecule has 1 atom stereocenters. The van der Waals surface area contributed by atoms with Crippen LogP contribution in [0.15, 0.2) is 54.6 Å². The van der Waals surface area contributed by atoms with Crippen molar-refractivity contribution in [3.8, 4) is 16.9 Å². The van der Waals surface area contributed by atoms with Crippen molar-refractivity contribution in [3.05, 3.63) is 71.4 Å². The molecule has 0 bridgehead atoms. The molecule has 3 aromatic rings. The van der Waals surface area contributed by atoms with Gasteiger partial charge in [-0.05, 0) is 39.0 Å². The Labute approximate surface area is 130 Å². The molecule has 1 heterocycles. The van der Waals surface area contributed by atoms with Crippen molar-refractivity contribution in [1.82, 2.24) is 9.78 Å². The first-order chi connectivity index (χ1) is 10.5. The molecule has 0 saturated heterocycles. The maximum atomic E-state index is 9.87. The van der Waals surface area contributed by atoms with Gasteiger partial charge in [-0.25, -0.2) is 4.68 Å². The van der Waals surface area contributed by atoms with E-state index in [2.05, 4.69) is 55.3 Å². The molecule has 0 saturated carbocycles. The fraction of sp³-hybridized carbons (Fsp3) is 0.211. The van der Waals surface area contributed by atoms with Gasteiger partial charge < -0.3 is 5.11 Å². The molecule has 22 heavy (non-hydrogen) atoms. The molecular weight excluding hydrogens is 272 g/mol. The molecule has 3 nitrogen and oxygen atoms in total. The van der Waals surface area contributed by atoms with Crippen LogP contribution in [0.2, 0.25) is 0 Å². The summed E-state index contributed by atoms with van der Waals surface area (Å²) in [6.45, 7) is 5.87. The van der Waals surface area contributed by atoms with E-state index in [0.29, 0.717) is 5.69 Å². The molecule has 0 aliphatic carbocycles. The number of hydrogen-bond donors (Lipinski definition) is 1. The largest absolute Gasteiger partial charge is 0.387 e. The van der Waals surface area contributed by atoms with Crippen LogP contribution in [0.5, 0.6) is 0 Å². The van der Waals surface area contributed by atoms with Gasteiger partial charge in [0.1, 0.15) is 0 Å². The molecule has 0 spiro atoms. The first-order valence-corrected chi connectivity index (χ1v) is 7.47. The number of aryl methyl sites for hydroxylation is 2. The van der Waals surface area contributed by atoms with E-state index in [1.807, 2.05) is 22.9 Å². The predicted octanol–water partition coefficient (Wildman–Crippen LogP) is 4.21. The van der Waals surface area contributed by atoms with Crippen LogP contribution in [-0.4, -0.2) is 14.9 Å². The van der Waals surface area contributed by atoms with Gasteiger partial charge in [-0.1, -0.05) is 47.5 Å². The minimum Gasteiger partial charge on any atom is -0.387 e. The maximum Gasteiger partial charge on any atom is 0.0950 e. The summed E-state index contributed by atoms with van der Waals surface area (Å²) in [5.41, 5.74) is 6.18. The molecule has 3 heteroatoms. The zero-order valence-electron chi connectivity index (χ0n) is 13.1. The van der Waals surface area contributed by atoms with Crippen molar-refractivity contribution in [2.75, 3.05) is 0 Å². The van der Waals surface area contributed by atoms with E-state index in [4.69, 9.17) is 0 Å². The molecular formula is C19H20N2O. The van der Waals surface area contributed by atoms with Gasteiger partial charge in [-0.3, -0.25) is 0 Å². The second-order valence-corrected chi connectivity index (χ2v) is 5.74. The van der Waals surface area contributed by atoms with Gasteiger partial charge in [0.2, 0.25) is 0 Å². The number of rotatable bonds is 3. The number of nitrogens with zero attached hydrogens (tertiary/aromatic N) is 2. The number of hydrogen-bond acceptors (Lipinski definition) is 2. The number of aliphatic hydroxyl groups excluding tert-OH is 1. The number of aromatic nitrogens is 2. The summed E-state index contributed by atoms with van der Waals surface area (Å²) in [7, 11) is 0. The summed E-state index contributed by atoms with van der Waals surface area (Å²) in [5.74, 6) is 0. The van der Waals surface area contributed by atoms with E-state index in [1.54, 1.807) is 6.92 Å². The van der Waals surface area contributed by atoms with Crippen molar-refractivity contribution in [2.45, 2.75) is 26.9 Å². The number of aliphatic hydroxyl groups is 1. The standard InChI is InChI=1S/C19H20N2O/c1-13-4-8-16(9-5-13)19-12-18(15(3)22)20-21(19)17-10-6-14(2)7-11-17/h4-12,15,22H,1-3H3. The van der Waals surface area contributed by atoms with E-state index >= 15 is 0 Å². The minimum absolute atomic E-state index is 0.587. The van der Waals surface area contributed by atoms with Crippen LogP contribution >= 0.6 is 0 Å². The van der Waals surface area contributed by atoms with Crippen LogP contribution in [0.4, 0.5) is 0 Å². The van der Waals surface area contributed by atoms with Gasteiger partial charge in [0.15, 0.2) is 0 Å². The predicted molar refractivity (Wildman–Crippen MR) is 89.1 cm³/mol. The van der Waals surface area contributed by atoms with E-state index in [9.17, 15) is 5.11 Å². The molecule has 0 aliphatic rings. The van der Waals surface area contributed by atoms with Crippen molar-refractivity contribution >= 4 is 0 Å². The highest BCUT2D eigenvalue weighted by Crippen LogP contribution is 2.26. The second kappa shape index (κ2) is 5.78. The lowest BCUT2D eigenvalue weighted by Gasteiger charge is -2.08. The highest BCUT2D eigenvalue weighted by molar-refractivity contribution is 5.63. The van der Waals surface area contributed by atoms with Crippen LogP contribution in [0.1, 0.15) is 29.8 Å². The van der Waals surface area contributed by atoms with Gasteiger partial charge in [0.05, 0.1) is 23.2 Å². The highest BCUT2D eigenvalue weighted by atomic mass is 16.3. The Morgan fingerprint density at radius 3 is 2.00 bits per heavy atom. The average Bonchev–Trinajstić information content (AvgIpc) is 2.94. The Morgan fingerprint density at radius 2 is 1.45 bits per heavy atom. The van der Waals surface area contributed by atoms with Gasteiger partial charge in [-0.15, -0.1) is 0 Å². The van der Waals surface area contributed by atoms with Crippen molar-refractivity contribution in [3.63, 3.8) is 0 Å². The van der Waals surface area contributed by atoms with E-state index in [0.717, 1.165) is 16.9 Å². The first-order valence-electron chi connectivity index (χ1n) is 7.47. The Balaban J connectivity index is 2.15. The Morgan fingerprint density at radius 1 is 0.909 bits per heavy atom. The Bertz CT molecular complexity index is 705. The number of benzene rings is 2. The summed E-state index contributed by atoms with van der Waals surface area (Å²) in [6.07, 6.45) is -0.587. The first kappa shape index (κ1) is 14.5. The highest BCUT2D eigenvalue weighted by Gasteiger charge is 2.14. The van der Waals surface area contributed by atoms with Crippen molar-refractivity contribution in [1.29, 1.82) is 0 Å². The fourth-order valence-corrected chi connectivity index (χ4v) is 2.42. The molecule has 0 aliphatic heterocycles. The topological polar surface area (TPSA) is 38.1 Å². The molecule has 0 fully saturated rings. The minimum atomic E-state index is -0.587. The SMILES string of the molecule is Cc1ccc(-c2cc(C(C)O)nn2-c2ccc(C)cc2)cc1. The quantitative estimate of drug-likeness (QED) is 0.785. The average molecular weight is 292 g/mol. The lowest BCUT2D eigenvalue weighted by molar-refractivity contribution is 0.193. The zero-order valence-corrected chi connectivity index (χ0v) is 13.1. The Hall–Kier alpha value is -2.39. The molecule has 1 unspecified atom stereocenters. The summed E-state index contributed by atoms with van der Waals surface area (Å²) >= 11 is 0. The van der Waals surface area contributed by atoms with E-state index < -0.39 is 6.10 Å². The normalized spacial score (nSPS) is 12.4. The van der Waals surface area contributed by atoms with Gasteiger partial charge >= 0.3 is 0 Å². The summed E-state index contributed by atoms with van der Waals surface area (Å²) in [5, 5.41) is 14.4. The van der Waals surface area contributed by atoms with Crippen molar-refractivity contribution < 1.29 is 5.11 Å². The molecule has 1 N–H and O–H groups in total. The summed E-state index contributed by atoms with van der Waals surface area (Å²) < 4.78 is 1.90. The molecule has 1 aromatic heterocycles. The summed E-state index contributed by atoms with van der Waals surface area (Å²) in [4.78, 5) is 0. The third kappa shape index (κ3) is 2.81. The second-order valence-electron chi connectivity index (χ2n) is 5.74. The maximum absolute atomic E-state index is 9.87. The van der Waals surface area contributed by atoms with Crippen LogP contribution < -0.4 is 0 Å². The molecule has 112 valence electrons. The molecule has 0 radical (unpaired) electrons. The van der Waals surface area contributed by atoms with Crippen LogP contribution in [0.3, 0.4) is 0 Å². The third-order valence-electron chi connectivity index (χ3n) is 3.78. The van der Waals surface area contributed by atoms with Gasteiger partial charge in [0, 0.05) is 5.56 Å². The third-order valence-corrected chi connectivity index (χ3v) is 3.78. The fourth-order valence-electron chi connectivity index (χ4n) is 2.42. The van der Waals surface area contributed by atoms with E-state index in [-0.39, 0.29) is 0 Å². The van der Waals surface area contributed by atoms with Gasteiger partial charge in [-0.2, -0.15) is 5.10 Å². The van der Waals surface area contributed by atoms with Crippen molar-refractivity contribution in [2.24, 2.45) is 0 Å². The molecule has 0 amide bonds. The summed E-state index contributed by atoms with van der Waals surface area (Å²) in [6, 6.07) is 18.5. The van der Waals surface area contributed by atoms with E-state index in [1.165, 1.54) is 11.1 Å². The zero-order chi connectivity index (χ0) is 15.7. The smallest absolute Gasteiger partial charge is 0.0950 e. The molecule has 2 aromatic carbocycles. The van der Waals surface area contributed by atoms with Crippen LogP contribution in [0.25, 0.3) is 16.9 Å². The van der Waals surface area contributed by atoms with Crippen LogP contribution in [0, 0.1) is 13.8 Å². The van der Waals surface area contributed by atoms with Gasteiger partial charge in [0.25, 0.3) is 0 Å². The Kier molecular flexibility index (Phi) is 3.82. The monoisotopic (exact) mass is 292 g/mol. The molecule has 3 rings (SSSR count). The van der Waals surface area contributed by atoms with Crippen LogP contribution in [-0.2, 0) is 0 Å².